The van der Waals surface area contributed by atoms with E-state index in [2.05, 4.69) is 20.8 Å². The molecule has 0 aliphatic heterocycles. The lowest BCUT2D eigenvalue weighted by molar-refractivity contribution is -0.119. The van der Waals surface area contributed by atoms with Crippen molar-refractivity contribution in [2.75, 3.05) is 5.75 Å². The zero-order valence-electron chi connectivity index (χ0n) is 11.4. The molecule has 2 aromatic rings. The van der Waals surface area contributed by atoms with E-state index in [0.29, 0.717) is 15.2 Å². The Hall–Kier alpha value is -1.31. The molecule has 0 spiro atoms. The molecule has 9 heteroatoms. The number of nitrogens with zero attached hydrogens (tertiary/aromatic N) is 4. The van der Waals surface area contributed by atoms with E-state index in [0.717, 1.165) is 5.56 Å². The van der Waals surface area contributed by atoms with Gasteiger partial charge in [-0.3, -0.25) is 4.79 Å². The number of aryl methyl sites for hydroxylation is 1. The van der Waals surface area contributed by atoms with Crippen molar-refractivity contribution < 1.29 is 4.79 Å². The molecule has 2 rings (SSSR count). The Labute approximate surface area is 136 Å². The van der Waals surface area contributed by atoms with Gasteiger partial charge in [-0.15, -0.1) is 5.10 Å². The lowest BCUT2D eigenvalue weighted by Crippen LogP contribution is -2.28. The molecule has 1 heterocycles. The van der Waals surface area contributed by atoms with Crippen LogP contribution in [0.4, 0.5) is 0 Å². The molecule has 0 saturated carbocycles. The molecule has 0 saturated heterocycles. The molecule has 112 valence electrons. The van der Waals surface area contributed by atoms with Gasteiger partial charge in [0, 0.05) is 7.05 Å². The van der Waals surface area contributed by atoms with Crippen LogP contribution in [-0.4, -0.2) is 31.9 Å². The first-order valence-electron chi connectivity index (χ1n) is 6.07. The number of amides is 1. The van der Waals surface area contributed by atoms with Crippen LogP contribution in [-0.2, 0) is 11.8 Å². The number of hydrogen-bond donors (Lipinski definition) is 1. The maximum Gasteiger partial charge on any atom is 0.230 e. The highest BCUT2D eigenvalue weighted by Gasteiger charge is 2.12. The van der Waals surface area contributed by atoms with Crippen molar-refractivity contribution in [3.63, 3.8) is 0 Å². The number of carbonyl (C=O) groups excluding carboxylic acids is 1. The summed E-state index contributed by atoms with van der Waals surface area (Å²) in [4.78, 5) is 11.9. The summed E-state index contributed by atoms with van der Waals surface area (Å²) in [6.07, 6.45) is 0. The molecule has 0 aliphatic rings. The monoisotopic (exact) mass is 345 g/mol. The highest BCUT2D eigenvalue weighted by Crippen LogP contribution is 2.25. The normalized spacial score (nSPS) is 12.2. The summed E-state index contributed by atoms with van der Waals surface area (Å²) in [5.41, 5.74) is 0.892. The number of thioether (sulfide) groups is 1. The standard InChI is InChI=1S/C12H13Cl2N5OS/c1-7(8-3-4-9(13)10(14)5-8)15-11(20)6-21-12-16-17-18-19(12)2/h3-5,7H,6H2,1-2H3,(H,15,20). The molecule has 6 nitrogen and oxygen atoms in total. The van der Waals surface area contributed by atoms with Crippen molar-refractivity contribution in [3.05, 3.63) is 33.8 Å². The quantitative estimate of drug-likeness (QED) is 0.842. The summed E-state index contributed by atoms with van der Waals surface area (Å²) in [5.74, 6) is 0.126. The van der Waals surface area contributed by atoms with Gasteiger partial charge in [0.2, 0.25) is 11.1 Å². The average molecular weight is 346 g/mol. The van der Waals surface area contributed by atoms with Crippen molar-refractivity contribution in [1.29, 1.82) is 0 Å². The van der Waals surface area contributed by atoms with E-state index < -0.39 is 0 Å². The first-order chi connectivity index (χ1) is 9.97. The maximum absolute atomic E-state index is 11.9. The van der Waals surface area contributed by atoms with Gasteiger partial charge in [-0.25, -0.2) is 4.68 Å². The Morgan fingerprint density at radius 1 is 1.43 bits per heavy atom. The summed E-state index contributed by atoms with van der Waals surface area (Å²) in [7, 11) is 1.72. The van der Waals surface area contributed by atoms with Crippen LogP contribution in [0.15, 0.2) is 23.4 Å². The summed E-state index contributed by atoms with van der Waals surface area (Å²) < 4.78 is 1.51. The number of carbonyl (C=O) groups is 1. The third kappa shape index (κ3) is 4.33. The zero-order valence-corrected chi connectivity index (χ0v) is 13.7. The van der Waals surface area contributed by atoms with Gasteiger partial charge in [0.15, 0.2) is 0 Å². The summed E-state index contributed by atoms with van der Waals surface area (Å²) in [6.45, 7) is 1.88. The maximum atomic E-state index is 11.9. The van der Waals surface area contributed by atoms with Gasteiger partial charge in [0.25, 0.3) is 0 Å². The number of aromatic nitrogens is 4. The van der Waals surface area contributed by atoms with Crippen LogP contribution in [0.25, 0.3) is 0 Å². The van der Waals surface area contributed by atoms with Crippen LogP contribution >= 0.6 is 35.0 Å². The van der Waals surface area contributed by atoms with Crippen molar-refractivity contribution >= 4 is 40.9 Å². The van der Waals surface area contributed by atoms with Crippen molar-refractivity contribution in [2.24, 2.45) is 7.05 Å². The SMILES string of the molecule is CC(NC(=O)CSc1nnnn1C)c1ccc(Cl)c(Cl)c1. The second kappa shape index (κ2) is 7.11. The summed E-state index contributed by atoms with van der Waals surface area (Å²) in [6, 6.07) is 5.13. The van der Waals surface area contributed by atoms with E-state index in [1.807, 2.05) is 13.0 Å². The van der Waals surface area contributed by atoms with E-state index >= 15 is 0 Å². The second-order valence-corrected chi connectivity index (χ2v) is 6.09. The topological polar surface area (TPSA) is 72.7 Å². The number of rotatable bonds is 5. The molecule has 1 aromatic heterocycles. The molecule has 1 unspecified atom stereocenters. The van der Waals surface area contributed by atoms with E-state index in [1.165, 1.54) is 16.4 Å². The summed E-state index contributed by atoms with van der Waals surface area (Å²) in [5, 5.41) is 15.4. The number of nitrogens with one attached hydrogen (secondary N) is 1. The minimum atomic E-state index is -0.162. The molecule has 0 aliphatic carbocycles. The molecule has 0 radical (unpaired) electrons. The van der Waals surface area contributed by atoms with Crippen LogP contribution < -0.4 is 5.32 Å². The molecular formula is C12H13Cl2N5OS. The molecule has 21 heavy (non-hydrogen) atoms. The van der Waals surface area contributed by atoms with Gasteiger partial charge in [0.1, 0.15) is 0 Å². The molecule has 1 N–H and O–H groups in total. The first-order valence-corrected chi connectivity index (χ1v) is 7.81. The van der Waals surface area contributed by atoms with Gasteiger partial charge in [0.05, 0.1) is 21.8 Å². The van der Waals surface area contributed by atoms with E-state index in [1.54, 1.807) is 19.2 Å². The summed E-state index contributed by atoms with van der Waals surface area (Å²) >= 11 is 13.1. The van der Waals surface area contributed by atoms with Gasteiger partial charge in [-0.1, -0.05) is 41.0 Å². The molecule has 1 atom stereocenters. The predicted octanol–water partition coefficient (Wildman–Crippen LogP) is 2.49. The van der Waals surface area contributed by atoms with Crippen LogP contribution in [0.5, 0.6) is 0 Å². The minimum Gasteiger partial charge on any atom is -0.349 e. The van der Waals surface area contributed by atoms with Crippen molar-refractivity contribution in [2.45, 2.75) is 18.1 Å². The number of tetrazole rings is 1. The van der Waals surface area contributed by atoms with Gasteiger partial charge in [-0.05, 0) is 35.0 Å². The lowest BCUT2D eigenvalue weighted by Gasteiger charge is -2.14. The van der Waals surface area contributed by atoms with E-state index in [-0.39, 0.29) is 17.7 Å². The Morgan fingerprint density at radius 3 is 2.81 bits per heavy atom. The fourth-order valence-electron chi connectivity index (χ4n) is 1.62. The Bertz CT molecular complexity index is 648. The number of halogens is 2. The fraction of sp³-hybridized carbons (Fsp3) is 0.333. The molecular weight excluding hydrogens is 333 g/mol. The fourth-order valence-corrected chi connectivity index (χ4v) is 2.59. The zero-order chi connectivity index (χ0) is 15.4. The minimum absolute atomic E-state index is 0.110. The van der Waals surface area contributed by atoms with Crippen LogP contribution in [0.2, 0.25) is 10.0 Å². The van der Waals surface area contributed by atoms with E-state index in [4.69, 9.17) is 23.2 Å². The molecule has 1 amide bonds. The molecule has 1 aromatic carbocycles. The lowest BCUT2D eigenvalue weighted by atomic mass is 10.1. The van der Waals surface area contributed by atoms with Crippen LogP contribution in [0.3, 0.4) is 0 Å². The van der Waals surface area contributed by atoms with Crippen molar-refractivity contribution in [3.8, 4) is 0 Å². The Morgan fingerprint density at radius 2 is 2.19 bits per heavy atom. The smallest absolute Gasteiger partial charge is 0.230 e. The molecule has 0 bridgehead atoms. The van der Waals surface area contributed by atoms with Crippen LogP contribution in [0, 0.1) is 0 Å². The van der Waals surface area contributed by atoms with E-state index in [9.17, 15) is 4.79 Å². The largest absolute Gasteiger partial charge is 0.349 e. The Kier molecular flexibility index (Phi) is 5.44. The van der Waals surface area contributed by atoms with Crippen molar-refractivity contribution in [1.82, 2.24) is 25.5 Å². The number of hydrogen-bond acceptors (Lipinski definition) is 5. The predicted molar refractivity (Wildman–Crippen MR) is 82.5 cm³/mol. The van der Waals surface area contributed by atoms with Crippen LogP contribution in [0.1, 0.15) is 18.5 Å². The second-order valence-electron chi connectivity index (χ2n) is 4.34. The third-order valence-corrected chi connectivity index (χ3v) is 4.48. The van der Waals surface area contributed by atoms with Gasteiger partial charge < -0.3 is 5.32 Å². The highest BCUT2D eigenvalue weighted by atomic mass is 35.5. The average Bonchev–Trinajstić information content (AvgIpc) is 2.85. The molecule has 0 fully saturated rings. The first kappa shape index (κ1) is 16.1. The Balaban J connectivity index is 1.89. The highest BCUT2D eigenvalue weighted by molar-refractivity contribution is 7.99. The van der Waals surface area contributed by atoms with Gasteiger partial charge in [-0.2, -0.15) is 0 Å². The van der Waals surface area contributed by atoms with Gasteiger partial charge >= 0.3 is 0 Å². The number of benzene rings is 1. The third-order valence-electron chi connectivity index (χ3n) is 2.73.